The molecule has 62 valence electrons. The monoisotopic (exact) mass is 161 g/mol. The first-order chi connectivity index (χ1) is 5.93. The largest absolute Gasteiger partial charge is 0.477 e. The molecule has 0 fully saturated rings. The van der Waals surface area contributed by atoms with Gasteiger partial charge in [-0.2, -0.15) is 0 Å². The van der Waals surface area contributed by atoms with Crippen molar-refractivity contribution in [3.8, 4) is 17.7 Å². The summed E-state index contributed by atoms with van der Waals surface area (Å²) in [5, 5.41) is 0. The molecule has 1 rings (SSSR count). The van der Waals surface area contributed by atoms with E-state index in [1.54, 1.807) is 6.20 Å². The second-order valence-electron chi connectivity index (χ2n) is 2.19. The molecule has 0 aliphatic rings. The highest BCUT2D eigenvalue weighted by Crippen LogP contribution is 2.02. The molecule has 0 saturated heterocycles. The molecule has 0 N–H and O–H groups in total. The third kappa shape index (κ3) is 3.07. The first-order valence-electron chi connectivity index (χ1n) is 3.87. The van der Waals surface area contributed by atoms with Crippen molar-refractivity contribution in [2.45, 2.75) is 13.3 Å². The van der Waals surface area contributed by atoms with Crippen molar-refractivity contribution in [2.75, 3.05) is 6.61 Å². The zero-order chi connectivity index (χ0) is 8.65. The van der Waals surface area contributed by atoms with Gasteiger partial charge in [0.15, 0.2) is 0 Å². The number of hydrogen-bond acceptors (Lipinski definition) is 2. The predicted octanol–water partition coefficient (Wildman–Crippen LogP) is 1.87. The molecule has 1 aromatic rings. The summed E-state index contributed by atoms with van der Waals surface area (Å²) in [6.45, 7) is 2.43. The Hall–Kier alpha value is -1.49. The maximum absolute atomic E-state index is 5.29. The molecule has 1 aromatic heterocycles. The molecule has 12 heavy (non-hydrogen) atoms. The summed E-state index contributed by atoms with van der Waals surface area (Å²) in [5.74, 6) is 6.38. The summed E-state index contributed by atoms with van der Waals surface area (Å²) in [5.41, 5.74) is 0. The van der Waals surface area contributed by atoms with Gasteiger partial charge in [-0.05, 0) is 13.0 Å². The van der Waals surface area contributed by atoms with Crippen molar-refractivity contribution in [3.05, 3.63) is 24.4 Å². The minimum absolute atomic E-state index is 0.609. The smallest absolute Gasteiger partial charge is 0.213 e. The molecule has 2 nitrogen and oxygen atoms in total. The SMILES string of the molecule is CC#CCCOc1ccccn1. The summed E-state index contributed by atoms with van der Waals surface area (Å²) in [6.07, 6.45) is 2.47. The Morgan fingerprint density at radius 2 is 2.42 bits per heavy atom. The van der Waals surface area contributed by atoms with E-state index in [0.717, 1.165) is 6.42 Å². The van der Waals surface area contributed by atoms with Crippen LogP contribution in [0, 0.1) is 11.8 Å². The van der Waals surface area contributed by atoms with Crippen molar-refractivity contribution in [1.29, 1.82) is 0 Å². The van der Waals surface area contributed by atoms with Crippen LogP contribution in [-0.2, 0) is 0 Å². The molecule has 0 aliphatic heterocycles. The molecule has 0 radical (unpaired) electrons. The Kier molecular flexibility index (Phi) is 3.73. The van der Waals surface area contributed by atoms with Gasteiger partial charge in [-0.15, -0.1) is 11.8 Å². The van der Waals surface area contributed by atoms with Crippen LogP contribution >= 0.6 is 0 Å². The Balaban J connectivity index is 2.27. The van der Waals surface area contributed by atoms with Gasteiger partial charge >= 0.3 is 0 Å². The summed E-state index contributed by atoms with van der Waals surface area (Å²) in [6, 6.07) is 5.59. The van der Waals surface area contributed by atoms with Crippen molar-refractivity contribution >= 4 is 0 Å². The van der Waals surface area contributed by atoms with E-state index in [0.29, 0.717) is 12.5 Å². The summed E-state index contributed by atoms with van der Waals surface area (Å²) < 4.78 is 5.29. The highest BCUT2D eigenvalue weighted by Gasteiger charge is 1.89. The first-order valence-corrected chi connectivity index (χ1v) is 3.87. The fourth-order valence-electron chi connectivity index (χ4n) is 0.764. The van der Waals surface area contributed by atoms with Gasteiger partial charge in [0.25, 0.3) is 0 Å². The average molecular weight is 161 g/mol. The molecule has 0 atom stereocenters. The van der Waals surface area contributed by atoms with Crippen LogP contribution in [0.5, 0.6) is 5.88 Å². The van der Waals surface area contributed by atoms with Gasteiger partial charge in [-0.25, -0.2) is 4.98 Å². The molecular formula is C10H11NO. The lowest BCUT2D eigenvalue weighted by atomic mass is 10.4. The van der Waals surface area contributed by atoms with Gasteiger partial charge in [0.2, 0.25) is 5.88 Å². The zero-order valence-electron chi connectivity index (χ0n) is 7.08. The van der Waals surface area contributed by atoms with Crippen LogP contribution in [0.2, 0.25) is 0 Å². The lowest BCUT2D eigenvalue weighted by Gasteiger charge is -2.00. The maximum atomic E-state index is 5.29. The highest BCUT2D eigenvalue weighted by atomic mass is 16.5. The quantitative estimate of drug-likeness (QED) is 0.498. The van der Waals surface area contributed by atoms with E-state index in [1.807, 2.05) is 25.1 Å². The lowest BCUT2D eigenvalue weighted by Crippen LogP contribution is -1.96. The van der Waals surface area contributed by atoms with Crippen LogP contribution < -0.4 is 4.74 Å². The molecule has 2 heteroatoms. The van der Waals surface area contributed by atoms with E-state index in [2.05, 4.69) is 16.8 Å². The van der Waals surface area contributed by atoms with Crippen LogP contribution in [0.3, 0.4) is 0 Å². The third-order valence-corrected chi connectivity index (χ3v) is 1.29. The molecule has 0 amide bonds. The lowest BCUT2D eigenvalue weighted by molar-refractivity contribution is 0.314. The van der Waals surface area contributed by atoms with Crippen LogP contribution in [0.25, 0.3) is 0 Å². The number of pyridine rings is 1. The molecule has 1 heterocycles. The Morgan fingerprint density at radius 1 is 1.50 bits per heavy atom. The van der Waals surface area contributed by atoms with Crippen LogP contribution in [0.4, 0.5) is 0 Å². The molecular weight excluding hydrogens is 150 g/mol. The molecule has 0 aromatic carbocycles. The Bertz CT molecular complexity index is 271. The van der Waals surface area contributed by atoms with E-state index in [-0.39, 0.29) is 0 Å². The highest BCUT2D eigenvalue weighted by molar-refractivity contribution is 5.09. The fourth-order valence-corrected chi connectivity index (χ4v) is 0.764. The fraction of sp³-hybridized carbons (Fsp3) is 0.300. The standard InChI is InChI=1S/C10H11NO/c1-2-3-6-9-12-10-7-4-5-8-11-10/h4-5,7-8H,6,9H2,1H3. The first kappa shape index (κ1) is 8.61. The number of aromatic nitrogens is 1. The van der Waals surface area contributed by atoms with Crippen LogP contribution in [0.15, 0.2) is 24.4 Å². The second kappa shape index (κ2) is 5.20. The summed E-state index contributed by atoms with van der Waals surface area (Å²) in [7, 11) is 0. The minimum atomic E-state index is 0.609. The Morgan fingerprint density at radius 3 is 3.08 bits per heavy atom. The molecule has 0 aliphatic carbocycles. The van der Waals surface area contributed by atoms with E-state index in [9.17, 15) is 0 Å². The van der Waals surface area contributed by atoms with E-state index in [1.165, 1.54) is 0 Å². The summed E-state index contributed by atoms with van der Waals surface area (Å²) >= 11 is 0. The van der Waals surface area contributed by atoms with Crippen molar-refractivity contribution in [1.82, 2.24) is 4.98 Å². The van der Waals surface area contributed by atoms with Gasteiger partial charge in [-0.3, -0.25) is 0 Å². The number of hydrogen-bond donors (Lipinski definition) is 0. The predicted molar refractivity (Wildman–Crippen MR) is 47.8 cm³/mol. The topological polar surface area (TPSA) is 22.1 Å². The second-order valence-corrected chi connectivity index (χ2v) is 2.19. The minimum Gasteiger partial charge on any atom is -0.477 e. The van der Waals surface area contributed by atoms with Gasteiger partial charge in [0, 0.05) is 18.7 Å². The molecule has 0 saturated carbocycles. The van der Waals surface area contributed by atoms with E-state index >= 15 is 0 Å². The van der Waals surface area contributed by atoms with E-state index in [4.69, 9.17) is 4.74 Å². The van der Waals surface area contributed by atoms with Crippen LogP contribution in [0.1, 0.15) is 13.3 Å². The molecule has 0 spiro atoms. The number of nitrogens with zero attached hydrogens (tertiary/aromatic N) is 1. The van der Waals surface area contributed by atoms with Crippen LogP contribution in [-0.4, -0.2) is 11.6 Å². The molecule has 0 bridgehead atoms. The zero-order valence-corrected chi connectivity index (χ0v) is 7.08. The van der Waals surface area contributed by atoms with Crippen molar-refractivity contribution in [2.24, 2.45) is 0 Å². The van der Waals surface area contributed by atoms with Gasteiger partial charge in [0.1, 0.15) is 6.61 Å². The average Bonchev–Trinajstić information content (AvgIpc) is 2.14. The molecule has 0 unspecified atom stereocenters. The van der Waals surface area contributed by atoms with Crippen molar-refractivity contribution < 1.29 is 4.74 Å². The number of ether oxygens (including phenoxy) is 1. The number of rotatable bonds is 3. The normalized spacial score (nSPS) is 8.42. The van der Waals surface area contributed by atoms with Gasteiger partial charge in [0.05, 0.1) is 0 Å². The Labute approximate surface area is 72.6 Å². The summed E-state index contributed by atoms with van der Waals surface area (Å²) in [4.78, 5) is 4.01. The third-order valence-electron chi connectivity index (χ3n) is 1.29. The van der Waals surface area contributed by atoms with Gasteiger partial charge < -0.3 is 4.74 Å². The van der Waals surface area contributed by atoms with Gasteiger partial charge in [-0.1, -0.05) is 6.07 Å². The van der Waals surface area contributed by atoms with E-state index < -0.39 is 0 Å². The maximum Gasteiger partial charge on any atom is 0.213 e. The van der Waals surface area contributed by atoms with Crippen molar-refractivity contribution in [3.63, 3.8) is 0 Å².